The number of nitrogens with one attached hydrogen (secondary N) is 1. The molecule has 0 saturated heterocycles. The number of benzene rings is 1. The van der Waals surface area contributed by atoms with Crippen molar-refractivity contribution in [2.75, 3.05) is 11.9 Å². The highest BCUT2D eigenvalue weighted by Crippen LogP contribution is 2.55. The van der Waals surface area contributed by atoms with Crippen LogP contribution in [0.2, 0.25) is 0 Å². The average Bonchev–Trinajstić information content (AvgIpc) is 2.92. The van der Waals surface area contributed by atoms with Crippen molar-refractivity contribution in [3.8, 4) is 0 Å². The van der Waals surface area contributed by atoms with Crippen molar-refractivity contribution in [1.29, 1.82) is 0 Å². The second kappa shape index (κ2) is 5.52. The van der Waals surface area contributed by atoms with Gasteiger partial charge in [-0.1, -0.05) is 12.8 Å². The molecule has 1 spiro atoms. The molecule has 0 aliphatic heterocycles. The quantitative estimate of drug-likeness (QED) is 0.897. The van der Waals surface area contributed by atoms with Crippen molar-refractivity contribution in [2.24, 2.45) is 5.41 Å². The Hall–Kier alpha value is -1.23. The smallest absolute Gasteiger partial charge is 0.152 e. The molecule has 2 fully saturated rings. The maximum absolute atomic E-state index is 13.8. The lowest BCUT2D eigenvalue weighted by molar-refractivity contribution is -0.114. The van der Waals surface area contributed by atoms with Crippen LogP contribution in [0.3, 0.4) is 0 Å². The van der Waals surface area contributed by atoms with Gasteiger partial charge in [0.1, 0.15) is 11.5 Å². The topological polar surface area (TPSA) is 21.3 Å². The molecule has 1 N–H and O–H groups in total. The van der Waals surface area contributed by atoms with Gasteiger partial charge in [-0.25, -0.2) is 13.2 Å². The van der Waals surface area contributed by atoms with Crippen LogP contribution >= 0.6 is 0 Å². The summed E-state index contributed by atoms with van der Waals surface area (Å²) >= 11 is 0. The van der Waals surface area contributed by atoms with Crippen LogP contribution in [-0.4, -0.2) is 18.8 Å². The number of ether oxygens (including phenoxy) is 1. The normalized spacial score (nSPS) is 26.9. The predicted molar refractivity (Wildman–Crippen MR) is 74.7 cm³/mol. The summed E-state index contributed by atoms with van der Waals surface area (Å²) < 4.78 is 46.3. The summed E-state index contributed by atoms with van der Waals surface area (Å²) in [6.07, 6.45) is 5.17. The minimum Gasteiger partial charge on any atom is -0.378 e. The molecule has 2 nitrogen and oxygen atoms in total. The molecular weight excluding hydrogens is 279 g/mol. The van der Waals surface area contributed by atoms with E-state index in [0.717, 1.165) is 32.1 Å². The molecule has 1 aromatic carbocycles. The second-order valence-corrected chi connectivity index (χ2v) is 6.06. The van der Waals surface area contributed by atoms with Crippen LogP contribution in [0.1, 0.15) is 39.0 Å². The minimum atomic E-state index is -0.896. The van der Waals surface area contributed by atoms with Crippen LogP contribution < -0.4 is 5.32 Å². The van der Waals surface area contributed by atoms with E-state index in [9.17, 15) is 13.2 Å². The lowest BCUT2D eigenvalue weighted by Gasteiger charge is -2.54. The fourth-order valence-corrected chi connectivity index (χ4v) is 3.94. The van der Waals surface area contributed by atoms with Crippen LogP contribution in [-0.2, 0) is 4.74 Å². The predicted octanol–water partition coefficient (Wildman–Crippen LogP) is 4.25. The Bertz CT molecular complexity index is 505. The molecule has 0 aromatic heterocycles. The molecule has 2 aliphatic rings. The van der Waals surface area contributed by atoms with Gasteiger partial charge in [-0.2, -0.15) is 0 Å². The summed E-state index contributed by atoms with van der Waals surface area (Å²) in [6, 6.07) is 1.42. The zero-order valence-corrected chi connectivity index (χ0v) is 12.1. The maximum atomic E-state index is 13.8. The Balaban J connectivity index is 1.80. The largest absolute Gasteiger partial charge is 0.378 e. The molecule has 0 bridgehead atoms. The van der Waals surface area contributed by atoms with Crippen LogP contribution in [0.4, 0.5) is 18.9 Å². The van der Waals surface area contributed by atoms with Gasteiger partial charge in [0.05, 0.1) is 6.10 Å². The van der Waals surface area contributed by atoms with Gasteiger partial charge in [-0.15, -0.1) is 0 Å². The van der Waals surface area contributed by atoms with Gasteiger partial charge in [0.15, 0.2) is 11.6 Å². The lowest BCUT2D eigenvalue weighted by atomic mass is 9.60. The number of rotatable bonds is 4. The molecular formula is C16H20F3NO. The van der Waals surface area contributed by atoms with E-state index in [4.69, 9.17) is 4.74 Å². The molecule has 0 amide bonds. The van der Waals surface area contributed by atoms with E-state index in [1.165, 1.54) is 0 Å². The fraction of sp³-hybridized carbons (Fsp3) is 0.625. The highest BCUT2D eigenvalue weighted by atomic mass is 19.1. The SMILES string of the molecule is CCOC1CC(Nc2c(F)cc(F)cc2F)C12CCCC2. The van der Waals surface area contributed by atoms with Crippen LogP contribution in [0.25, 0.3) is 0 Å². The van der Waals surface area contributed by atoms with Gasteiger partial charge in [0, 0.05) is 30.2 Å². The summed E-state index contributed by atoms with van der Waals surface area (Å²) in [5.41, 5.74) is -0.244. The third-order valence-electron chi connectivity index (χ3n) is 5.01. The first kappa shape index (κ1) is 14.7. The second-order valence-electron chi connectivity index (χ2n) is 6.06. The highest BCUT2D eigenvalue weighted by molar-refractivity contribution is 5.48. The van der Waals surface area contributed by atoms with E-state index in [1.807, 2.05) is 6.92 Å². The summed E-state index contributed by atoms with van der Waals surface area (Å²) in [4.78, 5) is 0. The fourth-order valence-electron chi connectivity index (χ4n) is 3.94. The van der Waals surface area contributed by atoms with Crippen LogP contribution in [0.15, 0.2) is 12.1 Å². The van der Waals surface area contributed by atoms with Gasteiger partial charge in [0.25, 0.3) is 0 Å². The molecule has 2 atom stereocenters. The van der Waals surface area contributed by atoms with Gasteiger partial charge in [-0.05, 0) is 26.2 Å². The van der Waals surface area contributed by atoms with Crippen molar-refractivity contribution < 1.29 is 17.9 Å². The van der Waals surface area contributed by atoms with Crippen molar-refractivity contribution in [3.63, 3.8) is 0 Å². The van der Waals surface area contributed by atoms with Gasteiger partial charge < -0.3 is 10.1 Å². The Morgan fingerprint density at radius 2 is 1.81 bits per heavy atom. The monoisotopic (exact) mass is 299 g/mol. The Kier molecular flexibility index (Phi) is 3.86. The third kappa shape index (κ3) is 2.41. The molecule has 0 radical (unpaired) electrons. The van der Waals surface area contributed by atoms with E-state index in [1.54, 1.807) is 0 Å². The summed E-state index contributed by atoms with van der Waals surface area (Å²) in [6.45, 7) is 2.61. The van der Waals surface area contributed by atoms with Crippen molar-refractivity contribution in [3.05, 3.63) is 29.6 Å². The van der Waals surface area contributed by atoms with Crippen molar-refractivity contribution >= 4 is 5.69 Å². The molecule has 21 heavy (non-hydrogen) atoms. The first-order chi connectivity index (χ1) is 10.1. The molecule has 116 valence electrons. The van der Waals surface area contributed by atoms with E-state index in [2.05, 4.69) is 5.32 Å². The molecule has 1 aromatic rings. The summed E-state index contributed by atoms with van der Waals surface area (Å²) in [5, 5.41) is 2.97. The number of halogens is 3. The van der Waals surface area contributed by atoms with E-state index in [0.29, 0.717) is 18.7 Å². The highest BCUT2D eigenvalue weighted by Gasteiger charge is 2.56. The first-order valence-electron chi connectivity index (χ1n) is 7.59. The van der Waals surface area contributed by atoms with E-state index >= 15 is 0 Å². The zero-order chi connectivity index (χ0) is 15.0. The van der Waals surface area contributed by atoms with Crippen LogP contribution in [0.5, 0.6) is 0 Å². The third-order valence-corrected chi connectivity index (χ3v) is 5.01. The van der Waals surface area contributed by atoms with Crippen LogP contribution in [0, 0.1) is 22.9 Å². The molecule has 0 heterocycles. The van der Waals surface area contributed by atoms with Gasteiger partial charge >= 0.3 is 0 Å². The summed E-state index contributed by atoms with van der Waals surface area (Å²) in [5.74, 6) is -2.65. The molecule has 2 aliphatic carbocycles. The zero-order valence-electron chi connectivity index (χ0n) is 12.1. The Morgan fingerprint density at radius 3 is 2.38 bits per heavy atom. The molecule has 5 heteroatoms. The number of hydrogen-bond donors (Lipinski definition) is 1. The minimum absolute atomic E-state index is 0.00832. The number of hydrogen-bond acceptors (Lipinski definition) is 2. The standard InChI is InChI=1S/C16H20F3NO/c1-2-21-14-9-13(16(14)5-3-4-6-16)20-15-11(18)7-10(17)8-12(15)19/h7-8,13-14,20H,2-6,9H2,1H3. The number of anilines is 1. The first-order valence-corrected chi connectivity index (χ1v) is 7.59. The molecule has 2 unspecified atom stereocenters. The summed E-state index contributed by atoms with van der Waals surface area (Å²) in [7, 11) is 0. The maximum Gasteiger partial charge on any atom is 0.152 e. The van der Waals surface area contributed by atoms with E-state index < -0.39 is 17.5 Å². The Labute approximate surface area is 122 Å². The lowest BCUT2D eigenvalue weighted by Crippen LogP contribution is -2.60. The molecule has 3 rings (SSSR count). The Morgan fingerprint density at radius 1 is 1.19 bits per heavy atom. The van der Waals surface area contributed by atoms with Gasteiger partial charge in [0.2, 0.25) is 0 Å². The average molecular weight is 299 g/mol. The van der Waals surface area contributed by atoms with E-state index in [-0.39, 0.29) is 23.2 Å². The van der Waals surface area contributed by atoms with Crippen molar-refractivity contribution in [1.82, 2.24) is 0 Å². The van der Waals surface area contributed by atoms with Crippen molar-refractivity contribution in [2.45, 2.75) is 51.2 Å². The van der Waals surface area contributed by atoms with Gasteiger partial charge in [-0.3, -0.25) is 0 Å². The molecule has 2 saturated carbocycles.